The lowest BCUT2D eigenvalue weighted by atomic mass is 10.1. The van der Waals surface area contributed by atoms with Gasteiger partial charge in [-0.1, -0.05) is 12.8 Å². The fourth-order valence-corrected chi connectivity index (χ4v) is 5.12. The number of carbonyl (C=O) groups excluding carboxylic acids is 2. The predicted octanol–water partition coefficient (Wildman–Crippen LogP) is 1.68. The Morgan fingerprint density at radius 3 is 2.57 bits per heavy atom. The number of carbonyl (C=O) groups is 2. The van der Waals surface area contributed by atoms with Crippen molar-refractivity contribution in [3.8, 4) is 0 Å². The molecule has 0 spiro atoms. The third-order valence-electron chi connectivity index (χ3n) is 5.47. The van der Waals surface area contributed by atoms with E-state index >= 15 is 0 Å². The highest BCUT2D eigenvalue weighted by Crippen LogP contribution is 2.31. The van der Waals surface area contributed by atoms with Crippen molar-refractivity contribution in [1.29, 1.82) is 0 Å². The molecule has 3 aliphatic rings. The SMILES string of the molecule is CC(C)N1CC[C@@H](NC(=O)[C@H]2CSCN2C(=O)C2CCCC2)C1. The Kier molecular flexibility index (Phi) is 5.52. The van der Waals surface area contributed by atoms with Crippen LogP contribution in [-0.4, -0.2) is 64.5 Å². The second kappa shape index (κ2) is 7.43. The first-order valence-corrected chi connectivity index (χ1v) is 10.1. The summed E-state index contributed by atoms with van der Waals surface area (Å²) in [6.45, 7) is 6.37. The molecule has 23 heavy (non-hydrogen) atoms. The molecule has 0 aromatic carbocycles. The minimum absolute atomic E-state index is 0.0527. The van der Waals surface area contributed by atoms with Crippen LogP contribution in [0.3, 0.4) is 0 Å². The summed E-state index contributed by atoms with van der Waals surface area (Å²) in [5.41, 5.74) is 0. The molecule has 2 heterocycles. The summed E-state index contributed by atoms with van der Waals surface area (Å²) in [5, 5.41) is 3.19. The number of hydrogen-bond donors (Lipinski definition) is 1. The van der Waals surface area contributed by atoms with Gasteiger partial charge in [0, 0.05) is 36.8 Å². The average Bonchev–Trinajstić information content (AvgIpc) is 3.26. The maximum atomic E-state index is 12.7. The highest BCUT2D eigenvalue weighted by Gasteiger charge is 2.39. The molecule has 2 saturated heterocycles. The molecule has 1 aliphatic carbocycles. The monoisotopic (exact) mass is 339 g/mol. The third-order valence-corrected chi connectivity index (χ3v) is 6.48. The van der Waals surface area contributed by atoms with E-state index in [0.717, 1.165) is 50.9 Å². The van der Waals surface area contributed by atoms with Crippen molar-refractivity contribution in [2.24, 2.45) is 5.92 Å². The van der Waals surface area contributed by atoms with Crippen LogP contribution in [-0.2, 0) is 9.59 Å². The van der Waals surface area contributed by atoms with Gasteiger partial charge in [0.05, 0.1) is 5.88 Å². The van der Waals surface area contributed by atoms with E-state index in [1.54, 1.807) is 11.8 Å². The number of hydrogen-bond acceptors (Lipinski definition) is 4. The lowest BCUT2D eigenvalue weighted by Gasteiger charge is -2.27. The summed E-state index contributed by atoms with van der Waals surface area (Å²) in [5.74, 6) is 1.84. The van der Waals surface area contributed by atoms with Crippen LogP contribution in [0.4, 0.5) is 0 Å². The molecule has 1 N–H and O–H groups in total. The molecular weight excluding hydrogens is 310 g/mol. The van der Waals surface area contributed by atoms with Gasteiger partial charge in [-0.15, -0.1) is 11.8 Å². The van der Waals surface area contributed by atoms with Crippen molar-refractivity contribution in [2.45, 2.75) is 64.1 Å². The minimum Gasteiger partial charge on any atom is -0.350 e. The molecule has 0 unspecified atom stereocenters. The quantitative estimate of drug-likeness (QED) is 0.847. The Morgan fingerprint density at radius 1 is 1.17 bits per heavy atom. The molecule has 0 aromatic rings. The molecule has 1 saturated carbocycles. The highest BCUT2D eigenvalue weighted by molar-refractivity contribution is 7.99. The first-order chi connectivity index (χ1) is 11.1. The number of nitrogens with one attached hydrogen (secondary N) is 1. The van der Waals surface area contributed by atoms with Gasteiger partial charge in [0.1, 0.15) is 6.04 Å². The topological polar surface area (TPSA) is 52.7 Å². The van der Waals surface area contributed by atoms with Crippen molar-refractivity contribution in [3.63, 3.8) is 0 Å². The second-order valence-electron chi connectivity index (χ2n) is 7.39. The molecule has 130 valence electrons. The van der Waals surface area contributed by atoms with E-state index < -0.39 is 0 Å². The zero-order valence-corrected chi connectivity index (χ0v) is 15.1. The Bertz CT molecular complexity index is 451. The molecule has 6 heteroatoms. The van der Waals surface area contributed by atoms with Crippen LogP contribution >= 0.6 is 11.8 Å². The van der Waals surface area contributed by atoms with Crippen molar-refractivity contribution in [3.05, 3.63) is 0 Å². The summed E-state index contributed by atoms with van der Waals surface area (Å²) >= 11 is 1.70. The van der Waals surface area contributed by atoms with Gasteiger partial charge in [-0.25, -0.2) is 0 Å². The summed E-state index contributed by atoms with van der Waals surface area (Å²) in [6.07, 6.45) is 5.32. The summed E-state index contributed by atoms with van der Waals surface area (Å²) < 4.78 is 0. The van der Waals surface area contributed by atoms with Crippen LogP contribution in [0.15, 0.2) is 0 Å². The number of thioether (sulfide) groups is 1. The number of likely N-dealkylation sites (tertiary alicyclic amines) is 1. The van der Waals surface area contributed by atoms with Gasteiger partial charge in [-0.2, -0.15) is 0 Å². The number of amides is 2. The standard InChI is InChI=1S/C17H29N3O2S/c1-12(2)19-8-7-14(9-19)18-16(21)15-10-23-11-20(15)17(22)13-5-3-4-6-13/h12-15H,3-11H2,1-2H3,(H,18,21)/t14-,15-/m1/s1. The molecule has 2 aliphatic heterocycles. The number of nitrogens with zero attached hydrogens (tertiary/aromatic N) is 2. The van der Waals surface area contributed by atoms with Crippen LogP contribution in [0.5, 0.6) is 0 Å². The van der Waals surface area contributed by atoms with Gasteiger partial charge >= 0.3 is 0 Å². The Hall–Kier alpha value is -0.750. The molecule has 3 rings (SSSR count). The van der Waals surface area contributed by atoms with Gasteiger partial charge < -0.3 is 10.2 Å². The Balaban J connectivity index is 1.55. The van der Waals surface area contributed by atoms with Crippen molar-refractivity contribution < 1.29 is 9.59 Å². The predicted molar refractivity (Wildman–Crippen MR) is 93.2 cm³/mol. The van der Waals surface area contributed by atoms with Crippen LogP contribution in [0.2, 0.25) is 0 Å². The molecule has 0 radical (unpaired) electrons. The summed E-state index contributed by atoms with van der Waals surface area (Å²) in [4.78, 5) is 29.6. The first kappa shape index (κ1) is 17.1. The molecular formula is C17H29N3O2S. The maximum absolute atomic E-state index is 12.7. The largest absolute Gasteiger partial charge is 0.350 e. The van der Waals surface area contributed by atoms with E-state index in [1.807, 2.05) is 4.90 Å². The van der Waals surface area contributed by atoms with Crippen molar-refractivity contribution in [2.75, 3.05) is 24.7 Å². The molecule has 0 bridgehead atoms. The second-order valence-corrected chi connectivity index (χ2v) is 8.39. The van der Waals surface area contributed by atoms with Gasteiger partial charge in [-0.3, -0.25) is 14.5 Å². The fourth-order valence-electron chi connectivity index (χ4n) is 3.96. The van der Waals surface area contributed by atoms with Crippen molar-refractivity contribution in [1.82, 2.24) is 15.1 Å². The number of rotatable bonds is 4. The summed E-state index contributed by atoms with van der Waals surface area (Å²) in [6, 6.07) is 0.500. The lowest BCUT2D eigenvalue weighted by molar-refractivity contribution is -0.141. The minimum atomic E-state index is -0.263. The van der Waals surface area contributed by atoms with Crippen LogP contribution in [0.25, 0.3) is 0 Å². The normalized spacial score (nSPS) is 29.6. The van der Waals surface area contributed by atoms with E-state index in [4.69, 9.17) is 0 Å². The molecule has 0 aromatic heterocycles. The molecule has 2 atom stereocenters. The van der Waals surface area contributed by atoms with E-state index in [1.165, 1.54) is 0 Å². The Labute approximate surface area is 143 Å². The van der Waals surface area contributed by atoms with Gasteiger partial charge in [0.25, 0.3) is 0 Å². The van der Waals surface area contributed by atoms with Gasteiger partial charge in [-0.05, 0) is 33.1 Å². The smallest absolute Gasteiger partial charge is 0.243 e. The lowest BCUT2D eigenvalue weighted by Crippen LogP contribution is -2.51. The average molecular weight is 340 g/mol. The van der Waals surface area contributed by atoms with Gasteiger partial charge in [0.15, 0.2) is 0 Å². The van der Waals surface area contributed by atoms with Gasteiger partial charge in [0.2, 0.25) is 11.8 Å². The molecule has 3 fully saturated rings. The zero-order chi connectivity index (χ0) is 16.4. The van der Waals surface area contributed by atoms with Crippen LogP contribution < -0.4 is 5.32 Å². The van der Waals surface area contributed by atoms with Crippen LogP contribution in [0.1, 0.15) is 46.0 Å². The van der Waals surface area contributed by atoms with E-state index in [2.05, 4.69) is 24.1 Å². The summed E-state index contributed by atoms with van der Waals surface area (Å²) in [7, 11) is 0. The highest BCUT2D eigenvalue weighted by atomic mass is 32.2. The molecule has 5 nitrogen and oxygen atoms in total. The molecule has 2 amide bonds. The Morgan fingerprint density at radius 2 is 1.91 bits per heavy atom. The van der Waals surface area contributed by atoms with Crippen molar-refractivity contribution >= 4 is 23.6 Å². The van der Waals surface area contributed by atoms with E-state index in [-0.39, 0.29) is 29.8 Å². The van der Waals surface area contributed by atoms with E-state index in [0.29, 0.717) is 11.9 Å². The maximum Gasteiger partial charge on any atom is 0.243 e. The fraction of sp³-hybridized carbons (Fsp3) is 0.882. The van der Waals surface area contributed by atoms with E-state index in [9.17, 15) is 9.59 Å². The first-order valence-electron chi connectivity index (χ1n) is 8.99. The zero-order valence-electron chi connectivity index (χ0n) is 14.3. The third kappa shape index (κ3) is 3.85. The van der Waals surface area contributed by atoms with Crippen LogP contribution in [0, 0.1) is 5.92 Å².